The molecule has 0 saturated carbocycles. The minimum absolute atomic E-state index is 0.266. The molecule has 0 N–H and O–H groups in total. The van der Waals surface area contributed by atoms with Crippen molar-refractivity contribution in [2.75, 3.05) is 7.11 Å². The van der Waals surface area contributed by atoms with Crippen molar-refractivity contribution in [1.82, 2.24) is 0 Å². The van der Waals surface area contributed by atoms with E-state index in [9.17, 15) is 14.4 Å². The average Bonchev–Trinajstić information content (AvgIpc) is 2.28. The Hall–Kier alpha value is -2.11. The quantitative estimate of drug-likeness (QED) is 0.692. The number of methoxy groups -OCH3 is 1. The van der Waals surface area contributed by atoms with Crippen molar-refractivity contribution >= 4 is 11.9 Å². The van der Waals surface area contributed by atoms with Crippen LogP contribution in [-0.2, 0) is 14.3 Å². The molecule has 1 heterocycles. The van der Waals surface area contributed by atoms with Crippen molar-refractivity contribution < 1.29 is 23.5 Å². The summed E-state index contributed by atoms with van der Waals surface area (Å²) in [5, 5.41) is 0. The Morgan fingerprint density at radius 2 is 2.12 bits per heavy atom. The van der Waals surface area contributed by atoms with Crippen molar-refractivity contribution in [3.05, 3.63) is 34.4 Å². The van der Waals surface area contributed by atoms with Crippen LogP contribution in [0.15, 0.2) is 27.6 Å². The van der Waals surface area contributed by atoms with Crippen LogP contribution >= 0.6 is 0 Å². The predicted octanol–water partition coefficient (Wildman–Crippen LogP) is 0.358. The summed E-state index contributed by atoms with van der Waals surface area (Å²) in [5.41, 5.74) is -1.08. The average molecular weight is 226 g/mol. The summed E-state index contributed by atoms with van der Waals surface area (Å²) < 4.78 is 13.5. The fourth-order valence-corrected chi connectivity index (χ4v) is 0.958. The summed E-state index contributed by atoms with van der Waals surface area (Å²) in [7, 11) is 1.17. The highest BCUT2D eigenvalue weighted by atomic mass is 16.6. The Morgan fingerprint density at radius 3 is 2.69 bits per heavy atom. The molecule has 0 saturated heterocycles. The van der Waals surface area contributed by atoms with Crippen LogP contribution in [0.25, 0.3) is 0 Å². The second-order valence-electron chi connectivity index (χ2n) is 2.88. The van der Waals surface area contributed by atoms with Crippen LogP contribution in [0.5, 0.6) is 0 Å². The zero-order chi connectivity index (χ0) is 12.1. The minimum atomic E-state index is -1.07. The van der Waals surface area contributed by atoms with Gasteiger partial charge in [0.25, 0.3) is 0 Å². The summed E-state index contributed by atoms with van der Waals surface area (Å²) in [6.07, 6.45) is 0.0696. The molecule has 1 aromatic heterocycles. The van der Waals surface area contributed by atoms with Crippen molar-refractivity contribution in [2.24, 2.45) is 0 Å². The molecule has 86 valence electrons. The Morgan fingerprint density at radius 1 is 1.44 bits per heavy atom. The van der Waals surface area contributed by atoms with Gasteiger partial charge in [-0.3, -0.25) is 0 Å². The molecule has 0 radical (unpaired) electrons. The third-order valence-corrected chi connectivity index (χ3v) is 1.77. The Bertz CT molecular complexity index is 447. The molecule has 0 fully saturated rings. The number of ether oxygens (including phenoxy) is 2. The first kappa shape index (κ1) is 12.0. The van der Waals surface area contributed by atoms with E-state index in [0.29, 0.717) is 0 Å². The van der Waals surface area contributed by atoms with E-state index in [1.807, 2.05) is 0 Å². The second kappa shape index (κ2) is 5.11. The molecule has 0 amide bonds. The van der Waals surface area contributed by atoms with E-state index in [1.54, 1.807) is 0 Å². The molecule has 0 bridgehead atoms. The predicted molar refractivity (Wildman–Crippen MR) is 51.9 cm³/mol. The van der Waals surface area contributed by atoms with Crippen molar-refractivity contribution in [1.29, 1.82) is 0 Å². The molecule has 0 unspecified atom stereocenters. The van der Waals surface area contributed by atoms with Gasteiger partial charge in [0.2, 0.25) is 0 Å². The van der Waals surface area contributed by atoms with Gasteiger partial charge in [0.05, 0.1) is 13.4 Å². The highest BCUT2D eigenvalue weighted by Crippen LogP contribution is 2.00. The number of carbonyl (C=O) groups is 2. The van der Waals surface area contributed by atoms with Gasteiger partial charge in [-0.15, -0.1) is 0 Å². The number of rotatable bonds is 3. The van der Waals surface area contributed by atoms with Crippen LogP contribution in [0, 0.1) is 0 Å². The first-order valence-corrected chi connectivity index (χ1v) is 4.43. The summed E-state index contributed by atoms with van der Waals surface area (Å²) in [6.45, 7) is 1.34. The maximum absolute atomic E-state index is 11.4. The van der Waals surface area contributed by atoms with Crippen LogP contribution in [0.3, 0.4) is 0 Å². The molecule has 0 spiro atoms. The van der Waals surface area contributed by atoms with E-state index in [-0.39, 0.29) is 5.56 Å². The van der Waals surface area contributed by atoms with E-state index >= 15 is 0 Å². The molecule has 0 aliphatic carbocycles. The monoisotopic (exact) mass is 226 g/mol. The van der Waals surface area contributed by atoms with Gasteiger partial charge in [0.1, 0.15) is 5.56 Å². The lowest BCUT2D eigenvalue weighted by Crippen LogP contribution is -2.27. The molecule has 0 aliphatic heterocycles. The van der Waals surface area contributed by atoms with Gasteiger partial charge in [0.15, 0.2) is 6.10 Å². The molecule has 6 nitrogen and oxygen atoms in total. The molecular weight excluding hydrogens is 216 g/mol. The van der Waals surface area contributed by atoms with Crippen LogP contribution in [0.4, 0.5) is 0 Å². The van der Waals surface area contributed by atoms with Crippen LogP contribution in [0.1, 0.15) is 17.3 Å². The highest BCUT2D eigenvalue weighted by Gasteiger charge is 2.21. The van der Waals surface area contributed by atoms with Gasteiger partial charge in [-0.1, -0.05) is 0 Å². The van der Waals surface area contributed by atoms with E-state index in [4.69, 9.17) is 4.74 Å². The summed E-state index contributed by atoms with van der Waals surface area (Å²) >= 11 is 0. The Kier molecular flexibility index (Phi) is 3.82. The summed E-state index contributed by atoms with van der Waals surface area (Å²) in [6, 6.07) is 2.62. The maximum Gasteiger partial charge on any atom is 0.350 e. The van der Waals surface area contributed by atoms with Crippen LogP contribution in [0.2, 0.25) is 0 Å². The first-order chi connectivity index (χ1) is 7.56. The number of esters is 2. The van der Waals surface area contributed by atoms with Gasteiger partial charge in [-0.25, -0.2) is 14.4 Å². The van der Waals surface area contributed by atoms with Gasteiger partial charge in [0, 0.05) is 0 Å². The number of carbonyl (C=O) groups excluding carboxylic acids is 2. The van der Waals surface area contributed by atoms with Crippen LogP contribution < -0.4 is 5.63 Å². The largest absolute Gasteiger partial charge is 0.466 e. The molecule has 6 heteroatoms. The number of hydrogen-bond donors (Lipinski definition) is 0. The molecule has 1 rings (SSSR count). The lowest BCUT2D eigenvalue weighted by molar-refractivity contribution is -0.149. The third-order valence-electron chi connectivity index (χ3n) is 1.77. The van der Waals surface area contributed by atoms with E-state index in [0.717, 1.165) is 6.26 Å². The fraction of sp³-hybridized carbons (Fsp3) is 0.300. The lowest BCUT2D eigenvalue weighted by Gasteiger charge is -2.09. The van der Waals surface area contributed by atoms with Gasteiger partial charge in [-0.05, 0) is 19.1 Å². The fourth-order valence-electron chi connectivity index (χ4n) is 0.958. The van der Waals surface area contributed by atoms with Crippen molar-refractivity contribution in [3.8, 4) is 0 Å². The maximum atomic E-state index is 11.4. The standard InChI is InChI=1S/C10H10O6/c1-6(8(11)14-2)16-10(13)7-4-3-5-15-9(7)12/h3-6H,1-2H3/t6-/m0/s1. The van der Waals surface area contributed by atoms with Gasteiger partial charge in [-0.2, -0.15) is 0 Å². The second-order valence-corrected chi connectivity index (χ2v) is 2.88. The van der Waals surface area contributed by atoms with Crippen molar-refractivity contribution in [3.63, 3.8) is 0 Å². The van der Waals surface area contributed by atoms with E-state index in [2.05, 4.69) is 9.15 Å². The number of hydrogen-bond acceptors (Lipinski definition) is 6. The van der Waals surface area contributed by atoms with Gasteiger partial charge < -0.3 is 13.9 Å². The first-order valence-electron chi connectivity index (χ1n) is 4.43. The topological polar surface area (TPSA) is 82.8 Å². The zero-order valence-electron chi connectivity index (χ0n) is 8.76. The SMILES string of the molecule is COC(=O)[C@H](C)OC(=O)c1cccoc1=O. The molecule has 0 aromatic carbocycles. The van der Waals surface area contributed by atoms with Crippen LogP contribution in [-0.4, -0.2) is 25.2 Å². The van der Waals surface area contributed by atoms with E-state index in [1.165, 1.54) is 26.2 Å². The zero-order valence-corrected chi connectivity index (χ0v) is 8.76. The normalized spacial score (nSPS) is 11.6. The van der Waals surface area contributed by atoms with E-state index < -0.39 is 23.7 Å². The molecule has 0 aliphatic rings. The molecule has 1 atom stereocenters. The molecule has 16 heavy (non-hydrogen) atoms. The molecular formula is C10H10O6. The van der Waals surface area contributed by atoms with Gasteiger partial charge >= 0.3 is 17.6 Å². The Labute approximate surface area is 90.8 Å². The Balaban J connectivity index is 2.78. The molecule has 1 aromatic rings. The third kappa shape index (κ3) is 2.69. The smallest absolute Gasteiger partial charge is 0.350 e. The lowest BCUT2D eigenvalue weighted by atomic mass is 10.3. The highest BCUT2D eigenvalue weighted by molar-refractivity contribution is 5.90. The summed E-state index contributed by atoms with van der Waals surface area (Å²) in [5.74, 6) is -1.62. The summed E-state index contributed by atoms with van der Waals surface area (Å²) in [4.78, 5) is 33.5. The van der Waals surface area contributed by atoms with Crippen molar-refractivity contribution in [2.45, 2.75) is 13.0 Å². The minimum Gasteiger partial charge on any atom is -0.466 e.